The molecule has 2 aromatic heterocycles. The molecule has 5 rings (SSSR count). The van der Waals surface area contributed by atoms with Crippen molar-refractivity contribution in [3.63, 3.8) is 0 Å². The molecular formula is C29H34F2N8O4. The molecule has 0 saturated heterocycles. The lowest BCUT2D eigenvalue weighted by Crippen LogP contribution is -2.55. The number of H-pyrrole nitrogens is 1. The van der Waals surface area contributed by atoms with Gasteiger partial charge in [0.2, 0.25) is 17.7 Å². The van der Waals surface area contributed by atoms with E-state index in [1.807, 2.05) is 30.7 Å². The summed E-state index contributed by atoms with van der Waals surface area (Å²) in [6, 6.07) is 4.05. The van der Waals surface area contributed by atoms with E-state index in [0.717, 1.165) is 17.3 Å². The zero-order valence-corrected chi connectivity index (χ0v) is 23.9. The second kappa shape index (κ2) is 12.8. The van der Waals surface area contributed by atoms with Gasteiger partial charge in [0.05, 0.1) is 24.8 Å². The lowest BCUT2D eigenvalue weighted by Gasteiger charge is -2.34. The van der Waals surface area contributed by atoms with Crippen LogP contribution in [0.25, 0.3) is 0 Å². The molecule has 3 aromatic rings. The van der Waals surface area contributed by atoms with Crippen molar-refractivity contribution in [1.29, 1.82) is 0 Å². The quantitative estimate of drug-likeness (QED) is 0.275. The van der Waals surface area contributed by atoms with Crippen molar-refractivity contribution >= 4 is 23.5 Å². The van der Waals surface area contributed by atoms with Gasteiger partial charge in [0.25, 0.3) is 0 Å². The fourth-order valence-electron chi connectivity index (χ4n) is 5.95. The molecule has 0 bridgehead atoms. The van der Waals surface area contributed by atoms with E-state index in [9.17, 15) is 28.0 Å². The minimum absolute atomic E-state index is 0.0129. The topological polar surface area (TPSA) is 164 Å². The van der Waals surface area contributed by atoms with Crippen molar-refractivity contribution in [3.8, 4) is 0 Å². The normalized spacial score (nSPS) is 20.8. The number of hydrogen-bond donors (Lipinski definition) is 4. The number of carbonyl (C=O) groups excluding carboxylic acids is 4. The molecule has 5 atom stereocenters. The van der Waals surface area contributed by atoms with Crippen molar-refractivity contribution in [1.82, 2.24) is 41.1 Å². The Labute approximate surface area is 246 Å². The summed E-state index contributed by atoms with van der Waals surface area (Å²) >= 11 is 0. The first-order valence-corrected chi connectivity index (χ1v) is 14.4. The maximum atomic E-state index is 14.2. The van der Waals surface area contributed by atoms with Crippen LogP contribution in [0, 0.1) is 23.5 Å². The number of aryl methyl sites for hydroxylation is 1. The van der Waals surface area contributed by atoms with Crippen LogP contribution in [0.15, 0.2) is 30.5 Å². The van der Waals surface area contributed by atoms with Crippen LogP contribution >= 0.6 is 0 Å². The predicted octanol–water partition coefficient (Wildman–Crippen LogP) is 1.47. The molecule has 3 unspecified atom stereocenters. The number of rotatable bonds is 10. The summed E-state index contributed by atoms with van der Waals surface area (Å²) < 4.78 is 29.7. The van der Waals surface area contributed by atoms with Crippen molar-refractivity contribution in [3.05, 3.63) is 64.7 Å². The number of Topliss-reactive ketones (excluding diaryl/α,β-unsaturated/α-hetero) is 1. The summed E-state index contributed by atoms with van der Waals surface area (Å²) in [5.74, 6) is -4.95. The fraction of sp³-hybridized carbons (Fsp3) is 0.483. The smallest absolute Gasteiger partial charge is 0.243 e. The second-order valence-corrected chi connectivity index (χ2v) is 11.2. The summed E-state index contributed by atoms with van der Waals surface area (Å²) in [6.07, 6.45) is 3.12. The molecule has 3 heterocycles. The number of halogens is 2. The number of benzene rings is 1. The Bertz CT molecular complexity index is 1510. The highest BCUT2D eigenvalue weighted by molar-refractivity contribution is 5.93. The molecule has 2 aliphatic rings. The Kier molecular flexibility index (Phi) is 8.92. The van der Waals surface area contributed by atoms with E-state index in [1.54, 1.807) is 0 Å². The number of nitrogens with one attached hydrogen (secondary N) is 4. The first-order valence-electron chi connectivity index (χ1n) is 14.4. The largest absolute Gasteiger partial charge is 0.350 e. The standard InChI is InChI=1S/C29H34F2N8O4/c1-3-15(2)26(34-23(41)12-17-5-4-6-19(30)25(17)31)29(43)33-20-8-7-16-9-10-39-14-18(11-21(40)24(20)27(16)39)28(42)32-13-22-35-37-38-36-22/h4-6,9-10,15,18,20,24,26H,3,7-8,11-14H2,1-2H3,(H,32,42)(H,33,43)(H,34,41)(H,35,36,37,38)/t15-,18?,20?,24?,26-/m0/s1. The third-order valence-electron chi connectivity index (χ3n) is 8.43. The maximum absolute atomic E-state index is 14.2. The number of carbonyl (C=O) groups is 4. The lowest BCUT2D eigenvalue weighted by molar-refractivity contribution is -0.132. The molecule has 12 nitrogen and oxygen atoms in total. The Morgan fingerprint density at radius 2 is 2.02 bits per heavy atom. The number of nitrogens with zero attached hydrogens (tertiary/aromatic N) is 4. The van der Waals surface area contributed by atoms with Crippen molar-refractivity contribution < 1.29 is 28.0 Å². The Balaban J connectivity index is 1.30. The van der Waals surface area contributed by atoms with Gasteiger partial charge in [-0.15, -0.1) is 10.2 Å². The molecule has 0 fully saturated rings. The molecule has 14 heteroatoms. The van der Waals surface area contributed by atoms with E-state index in [4.69, 9.17) is 0 Å². The SMILES string of the molecule is CC[C@H](C)[C@H](NC(=O)Cc1cccc(F)c1F)C(=O)NC1CCc2ccn3c2C1C(=O)CC(C(=O)NCc1nn[nH]n1)C3. The highest BCUT2D eigenvalue weighted by Gasteiger charge is 2.43. The van der Waals surface area contributed by atoms with E-state index in [0.29, 0.717) is 31.6 Å². The van der Waals surface area contributed by atoms with E-state index in [-0.39, 0.29) is 36.1 Å². The minimum atomic E-state index is -1.10. The Morgan fingerprint density at radius 3 is 2.77 bits per heavy atom. The molecule has 228 valence electrons. The van der Waals surface area contributed by atoms with Crippen molar-refractivity contribution in [2.75, 3.05) is 0 Å². The van der Waals surface area contributed by atoms with Crippen LogP contribution in [-0.4, -0.2) is 60.8 Å². The van der Waals surface area contributed by atoms with Gasteiger partial charge in [0.15, 0.2) is 17.5 Å². The fourth-order valence-corrected chi connectivity index (χ4v) is 5.95. The second-order valence-electron chi connectivity index (χ2n) is 11.2. The van der Waals surface area contributed by atoms with Crippen LogP contribution in [0.5, 0.6) is 0 Å². The zero-order chi connectivity index (χ0) is 30.7. The summed E-state index contributed by atoms with van der Waals surface area (Å²) in [5, 5.41) is 21.9. The molecule has 1 aromatic carbocycles. The van der Waals surface area contributed by atoms with Crippen molar-refractivity contribution in [2.45, 2.75) is 77.0 Å². The number of ketones is 1. The number of amides is 3. The van der Waals surface area contributed by atoms with Crippen LogP contribution in [0.1, 0.15) is 61.7 Å². The molecule has 43 heavy (non-hydrogen) atoms. The predicted molar refractivity (Wildman–Crippen MR) is 148 cm³/mol. The number of hydrogen-bond acceptors (Lipinski definition) is 7. The number of aromatic nitrogens is 5. The average molecular weight is 597 g/mol. The van der Waals surface area contributed by atoms with Gasteiger partial charge in [0, 0.05) is 36.5 Å². The van der Waals surface area contributed by atoms with Crippen LogP contribution in [0.3, 0.4) is 0 Å². The summed E-state index contributed by atoms with van der Waals surface area (Å²) in [5.41, 5.74) is 1.68. The van der Waals surface area contributed by atoms with E-state index in [2.05, 4.69) is 36.6 Å². The highest BCUT2D eigenvalue weighted by Crippen LogP contribution is 2.38. The van der Waals surface area contributed by atoms with Crippen LogP contribution < -0.4 is 16.0 Å². The molecule has 0 saturated carbocycles. The first-order chi connectivity index (χ1) is 20.7. The molecule has 3 amide bonds. The van der Waals surface area contributed by atoms with Crippen molar-refractivity contribution in [2.24, 2.45) is 11.8 Å². The monoisotopic (exact) mass is 596 g/mol. The van der Waals surface area contributed by atoms with Crippen LogP contribution in [-0.2, 0) is 45.1 Å². The van der Waals surface area contributed by atoms with Gasteiger partial charge in [-0.3, -0.25) is 19.2 Å². The highest BCUT2D eigenvalue weighted by atomic mass is 19.2. The zero-order valence-electron chi connectivity index (χ0n) is 23.9. The van der Waals surface area contributed by atoms with Gasteiger partial charge >= 0.3 is 0 Å². The van der Waals surface area contributed by atoms with Gasteiger partial charge in [-0.2, -0.15) is 5.21 Å². The van der Waals surface area contributed by atoms with Crippen LogP contribution in [0.2, 0.25) is 0 Å². The molecular weight excluding hydrogens is 562 g/mol. The van der Waals surface area contributed by atoms with E-state index in [1.165, 1.54) is 12.1 Å². The molecule has 1 aliphatic heterocycles. The first kappa shape index (κ1) is 30.0. The van der Waals surface area contributed by atoms with Gasteiger partial charge in [-0.1, -0.05) is 37.6 Å². The minimum Gasteiger partial charge on any atom is -0.350 e. The van der Waals surface area contributed by atoms with E-state index < -0.39 is 53.8 Å². The number of tetrazole rings is 1. The lowest BCUT2D eigenvalue weighted by atomic mass is 9.79. The average Bonchev–Trinajstić information content (AvgIpc) is 3.63. The summed E-state index contributed by atoms with van der Waals surface area (Å²) in [6.45, 7) is 4.06. The van der Waals surface area contributed by atoms with Gasteiger partial charge in [-0.05, 0) is 36.5 Å². The van der Waals surface area contributed by atoms with Gasteiger partial charge in [-0.25, -0.2) is 8.78 Å². The van der Waals surface area contributed by atoms with Crippen LogP contribution in [0.4, 0.5) is 8.78 Å². The third-order valence-corrected chi connectivity index (χ3v) is 8.43. The Hall–Kier alpha value is -4.49. The maximum Gasteiger partial charge on any atom is 0.243 e. The third kappa shape index (κ3) is 6.47. The van der Waals surface area contributed by atoms with Gasteiger partial charge in [0.1, 0.15) is 11.8 Å². The summed E-state index contributed by atoms with van der Waals surface area (Å²) in [7, 11) is 0. The molecule has 0 spiro atoms. The van der Waals surface area contributed by atoms with E-state index >= 15 is 0 Å². The Morgan fingerprint density at radius 1 is 1.21 bits per heavy atom. The molecule has 4 N–H and O–H groups in total. The van der Waals surface area contributed by atoms with Gasteiger partial charge < -0.3 is 20.5 Å². The summed E-state index contributed by atoms with van der Waals surface area (Å²) in [4.78, 5) is 53.2. The molecule has 0 radical (unpaired) electrons. The number of aromatic amines is 1. The molecule has 1 aliphatic carbocycles.